The lowest BCUT2D eigenvalue weighted by Gasteiger charge is -2.02. The first-order valence-corrected chi connectivity index (χ1v) is 3.85. The molecule has 0 saturated heterocycles. The first kappa shape index (κ1) is 9.73. The van der Waals surface area contributed by atoms with Gasteiger partial charge in [0.05, 0.1) is 13.3 Å². The number of nitrogens with zero attached hydrogens (tertiary/aromatic N) is 2. The summed E-state index contributed by atoms with van der Waals surface area (Å²) in [5.74, 6) is -0.133. The largest absolute Gasteiger partial charge is 0.464 e. The lowest BCUT2D eigenvalue weighted by molar-refractivity contribution is 0.0593. The van der Waals surface area contributed by atoms with E-state index in [9.17, 15) is 4.79 Å². The Kier molecular flexibility index (Phi) is 3.02. The molecule has 1 N–H and O–H groups in total. The molecule has 0 radical (unpaired) electrons. The zero-order chi connectivity index (χ0) is 9.84. The fourth-order valence-electron chi connectivity index (χ4n) is 0.737. The molecule has 0 atom stereocenters. The number of ether oxygens (including phenoxy) is 1. The topological polar surface area (TPSA) is 64.1 Å². The van der Waals surface area contributed by atoms with E-state index in [2.05, 4.69) is 20.0 Å². The van der Waals surface area contributed by atoms with Crippen molar-refractivity contribution >= 4 is 23.4 Å². The van der Waals surface area contributed by atoms with Gasteiger partial charge < -0.3 is 10.1 Å². The van der Waals surface area contributed by atoms with Gasteiger partial charge in [0.15, 0.2) is 16.7 Å². The number of carbonyl (C=O) groups is 1. The second-order valence-corrected chi connectivity index (χ2v) is 2.49. The third kappa shape index (κ3) is 2.06. The molecule has 1 heterocycles. The van der Waals surface area contributed by atoms with E-state index in [4.69, 9.17) is 11.6 Å². The van der Waals surface area contributed by atoms with Gasteiger partial charge in [0.1, 0.15) is 0 Å². The minimum atomic E-state index is -0.558. The maximum absolute atomic E-state index is 11.0. The zero-order valence-electron chi connectivity index (χ0n) is 7.17. The Morgan fingerprint density at radius 3 is 2.85 bits per heavy atom. The Morgan fingerprint density at radius 2 is 2.38 bits per heavy atom. The first-order chi connectivity index (χ1) is 6.19. The molecule has 0 fully saturated rings. The summed E-state index contributed by atoms with van der Waals surface area (Å²) in [5, 5.41) is 2.87. The maximum Gasteiger partial charge on any atom is 0.358 e. The van der Waals surface area contributed by atoms with E-state index in [1.165, 1.54) is 13.3 Å². The molecular weight excluding hydrogens is 194 g/mol. The highest BCUT2D eigenvalue weighted by Gasteiger charge is 2.10. The molecule has 13 heavy (non-hydrogen) atoms. The summed E-state index contributed by atoms with van der Waals surface area (Å²) in [6.45, 7) is 0. The van der Waals surface area contributed by atoms with E-state index in [-0.39, 0.29) is 10.8 Å². The van der Waals surface area contributed by atoms with Crippen molar-refractivity contribution in [3.8, 4) is 0 Å². The summed E-state index contributed by atoms with van der Waals surface area (Å²) < 4.78 is 4.44. The standard InChI is InChI=1S/C7H8ClN3O2/c1-9-6-5(8)11-4(3-10-6)7(12)13-2/h3H,1-2H3,(H,9,10). The number of methoxy groups -OCH3 is 1. The zero-order valence-corrected chi connectivity index (χ0v) is 7.92. The van der Waals surface area contributed by atoms with Crippen molar-refractivity contribution in [1.29, 1.82) is 0 Å². The number of nitrogens with one attached hydrogen (secondary N) is 1. The van der Waals surface area contributed by atoms with E-state index < -0.39 is 5.97 Å². The van der Waals surface area contributed by atoms with Gasteiger partial charge in [0, 0.05) is 7.05 Å². The molecule has 0 bridgehead atoms. The molecule has 0 spiro atoms. The molecule has 0 aliphatic heterocycles. The lowest BCUT2D eigenvalue weighted by Crippen LogP contribution is -2.06. The third-order valence-corrected chi connectivity index (χ3v) is 1.62. The molecule has 0 aromatic carbocycles. The van der Waals surface area contributed by atoms with Crippen LogP contribution in [0.4, 0.5) is 5.82 Å². The Hall–Kier alpha value is -1.36. The number of esters is 1. The number of halogens is 1. The van der Waals surface area contributed by atoms with Crippen LogP contribution < -0.4 is 5.32 Å². The normalized spacial score (nSPS) is 9.46. The Morgan fingerprint density at radius 1 is 1.69 bits per heavy atom. The molecule has 0 saturated carbocycles. The van der Waals surface area contributed by atoms with Gasteiger partial charge in [0.2, 0.25) is 0 Å². The van der Waals surface area contributed by atoms with Crippen LogP contribution in [0.1, 0.15) is 10.5 Å². The van der Waals surface area contributed by atoms with Gasteiger partial charge in [-0.15, -0.1) is 0 Å². The molecule has 0 aliphatic rings. The van der Waals surface area contributed by atoms with E-state index in [1.54, 1.807) is 7.05 Å². The van der Waals surface area contributed by atoms with Crippen LogP contribution in [0.2, 0.25) is 5.15 Å². The van der Waals surface area contributed by atoms with Crippen LogP contribution in [-0.4, -0.2) is 30.1 Å². The van der Waals surface area contributed by atoms with Crippen LogP contribution in [0.3, 0.4) is 0 Å². The molecule has 0 unspecified atom stereocenters. The molecule has 5 nitrogen and oxygen atoms in total. The smallest absolute Gasteiger partial charge is 0.358 e. The average Bonchev–Trinajstić information content (AvgIpc) is 2.16. The van der Waals surface area contributed by atoms with Gasteiger partial charge in [-0.3, -0.25) is 0 Å². The molecular formula is C7H8ClN3O2. The van der Waals surface area contributed by atoms with Crippen molar-refractivity contribution in [2.24, 2.45) is 0 Å². The summed E-state index contributed by atoms with van der Waals surface area (Å²) >= 11 is 5.69. The van der Waals surface area contributed by atoms with Crippen LogP contribution in [0, 0.1) is 0 Å². The van der Waals surface area contributed by atoms with Crippen molar-refractivity contribution < 1.29 is 9.53 Å². The van der Waals surface area contributed by atoms with Crippen molar-refractivity contribution in [1.82, 2.24) is 9.97 Å². The number of rotatable bonds is 2. The van der Waals surface area contributed by atoms with Gasteiger partial charge >= 0.3 is 5.97 Å². The highest BCUT2D eigenvalue weighted by molar-refractivity contribution is 6.31. The highest BCUT2D eigenvalue weighted by atomic mass is 35.5. The van der Waals surface area contributed by atoms with Crippen LogP contribution in [0.25, 0.3) is 0 Å². The number of hydrogen-bond donors (Lipinski definition) is 1. The van der Waals surface area contributed by atoms with E-state index >= 15 is 0 Å². The predicted molar refractivity (Wildman–Crippen MR) is 47.9 cm³/mol. The fraction of sp³-hybridized carbons (Fsp3) is 0.286. The van der Waals surface area contributed by atoms with Crippen molar-refractivity contribution in [2.75, 3.05) is 19.5 Å². The van der Waals surface area contributed by atoms with Crippen molar-refractivity contribution in [3.05, 3.63) is 17.0 Å². The third-order valence-electron chi connectivity index (χ3n) is 1.36. The minimum absolute atomic E-state index is 0.0894. The second kappa shape index (κ2) is 4.04. The Balaban J connectivity index is 3.02. The summed E-state index contributed by atoms with van der Waals surface area (Å²) in [7, 11) is 2.93. The molecule has 0 aliphatic carbocycles. The Labute approximate surface area is 80.1 Å². The predicted octanol–water partition coefficient (Wildman–Crippen LogP) is 0.958. The van der Waals surface area contributed by atoms with Crippen molar-refractivity contribution in [2.45, 2.75) is 0 Å². The second-order valence-electron chi connectivity index (χ2n) is 2.14. The van der Waals surface area contributed by atoms with Gasteiger partial charge in [-0.1, -0.05) is 11.6 Å². The van der Waals surface area contributed by atoms with E-state index in [1.807, 2.05) is 0 Å². The minimum Gasteiger partial charge on any atom is -0.464 e. The van der Waals surface area contributed by atoms with Crippen molar-refractivity contribution in [3.63, 3.8) is 0 Å². The summed E-state index contributed by atoms with van der Waals surface area (Å²) in [6, 6.07) is 0. The molecule has 70 valence electrons. The number of hydrogen-bond acceptors (Lipinski definition) is 5. The van der Waals surface area contributed by atoms with Gasteiger partial charge in [-0.2, -0.15) is 0 Å². The number of aromatic nitrogens is 2. The monoisotopic (exact) mass is 201 g/mol. The SMILES string of the molecule is CNc1ncc(C(=O)OC)nc1Cl. The van der Waals surface area contributed by atoms with Gasteiger partial charge in [-0.25, -0.2) is 14.8 Å². The van der Waals surface area contributed by atoms with Crippen LogP contribution in [-0.2, 0) is 4.74 Å². The summed E-state index contributed by atoms with van der Waals surface area (Å²) in [4.78, 5) is 18.6. The van der Waals surface area contributed by atoms with E-state index in [0.717, 1.165) is 0 Å². The Bertz CT molecular complexity index is 330. The summed E-state index contributed by atoms with van der Waals surface area (Å²) in [6.07, 6.45) is 1.30. The molecule has 0 amide bonds. The molecule has 1 aromatic rings. The average molecular weight is 202 g/mol. The van der Waals surface area contributed by atoms with Crippen LogP contribution >= 0.6 is 11.6 Å². The molecule has 1 rings (SSSR count). The number of carbonyl (C=O) groups excluding carboxylic acids is 1. The van der Waals surface area contributed by atoms with Crippen LogP contribution in [0.5, 0.6) is 0 Å². The fourth-order valence-corrected chi connectivity index (χ4v) is 0.971. The maximum atomic E-state index is 11.0. The lowest BCUT2D eigenvalue weighted by atomic mass is 10.4. The van der Waals surface area contributed by atoms with Gasteiger partial charge in [-0.05, 0) is 0 Å². The molecule has 1 aromatic heterocycles. The van der Waals surface area contributed by atoms with Gasteiger partial charge in [0.25, 0.3) is 0 Å². The summed E-state index contributed by atoms with van der Waals surface area (Å²) in [5.41, 5.74) is 0.0894. The quantitative estimate of drug-likeness (QED) is 0.722. The van der Waals surface area contributed by atoms with Crippen LogP contribution in [0.15, 0.2) is 6.20 Å². The van der Waals surface area contributed by atoms with E-state index in [0.29, 0.717) is 5.82 Å². The first-order valence-electron chi connectivity index (χ1n) is 3.47. The molecule has 6 heteroatoms. The highest BCUT2D eigenvalue weighted by Crippen LogP contribution is 2.15. The number of anilines is 1.